The lowest BCUT2D eigenvalue weighted by Crippen LogP contribution is -2.49. The molecule has 0 N–H and O–H groups in total. The molecule has 0 unspecified atom stereocenters. The van der Waals surface area contributed by atoms with E-state index in [2.05, 4.69) is 59.7 Å². The lowest BCUT2D eigenvalue weighted by molar-refractivity contribution is -0.130. The molecule has 1 fully saturated rings. The first kappa shape index (κ1) is 19.4. The number of rotatable bonds is 4. The number of hydrogen-bond acceptors (Lipinski definition) is 5. The Morgan fingerprint density at radius 1 is 1.00 bits per heavy atom. The van der Waals surface area contributed by atoms with Crippen molar-refractivity contribution >= 4 is 55.1 Å². The summed E-state index contributed by atoms with van der Waals surface area (Å²) >= 11 is 3.48. The van der Waals surface area contributed by atoms with Crippen molar-refractivity contribution in [1.29, 1.82) is 0 Å². The van der Waals surface area contributed by atoms with Crippen molar-refractivity contribution in [2.75, 3.05) is 37.3 Å². The van der Waals surface area contributed by atoms with Crippen molar-refractivity contribution in [3.05, 3.63) is 66.2 Å². The number of nitrogens with zero attached hydrogens (tertiary/aromatic N) is 3. The number of thioether (sulfide) groups is 1. The van der Waals surface area contributed by atoms with E-state index in [1.807, 2.05) is 17.0 Å². The number of fused-ring (bicyclic) bond motifs is 2. The molecule has 0 atom stereocenters. The molecule has 0 bridgehead atoms. The van der Waals surface area contributed by atoms with Crippen LogP contribution in [0.5, 0.6) is 0 Å². The Morgan fingerprint density at radius 2 is 1.80 bits per heavy atom. The average molecular weight is 434 g/mol. The largest absolute Gasteiger partial charge is 0.345 e. The highest BCUT2D eigenvalue weighted by molar-refractivity contribution is 7.98. The van der Waals surface area contributed by atoms with Gasteiger partial charge in [-0.25, -0.2) is 4.98 Å². The maximum absolute atomic E-state index is 12.9. The van der Waals surface area contributed by atoms with Gasteiger partial charge in [-0.2, -0.15) is 0 Å². The van der Waals surface area contributed by atoms with Crippen molar-refractivity contribution in [3.8, 4) is 0 Å². The van der Waals surface area contributed by atoms with Gasteiger partial charge in [0.1, 0.15) is 0 Å². The van der Waals surface area contributed by atoms with E-state index >= 15 is 0 Å². The molecule has 6 heteroatoms. The fourth-order valence-electron chi connectivity index (χ4n) is 3.99. The minimum atomic E-state index is 0.207. The summed E-state index contributed by atoms with van der Waals surface area (Å²) < 4.78 is 1.23. The molecule has 1 aromatic heterocycles. The third-order valence-corrected chi connectivity index (χ3v) is 7.51. The minimum Gasteiger partial charge on any atom is -0.345 e. The van der Waals surface area contributed by atoms with E-state index in [1.165, 1.54) is 20.4 Å². The summed E-state index contributed by atoms with van der Waals surface area (Å²) in [5.41, 5.74) is 2.18. The molecule has 0 aliphatic carbocycles. The highest BCUT2D eigenvalue weighted by atomic mass is 32.2. The van der Waals surface area contributed by atoms with E-state index in [0.29, 0.717) is 6.42 Å². The van der Waals surface area contributed by atoms with Crippen molar-refractivity contribution < 1.29 is 4.79 Å². The van der Waals surface area contributed by atoms with Gasteiger partial charge in [-0.15, -0.1) is 11.8 Å². The zero-order valence-corrected chi connectivity index (χ0v) is 18.5. The average Bonchev–Trinajstić information content (AvgIpc) is 3.23. The molecule has 30 heavy (non-hydrogen) atoms. The maximum Gasteiger partial charge on any atom is 0.227 e. The number of piperazine rings is 1. The van der Waals surface area contributed by atoms with E-state index in [-0.39, 0.29) is 5.91 Å². The fourth-order valence-corrected chi connectivity index (χ4v) is 5.67. The molecular formula is C24H23N3OS2. The Labute approximate surface area is 184 Å². The van der Waals surface area contributed by atoms with Crippen LogP contribution in [0.3, 0.4) is 0 Å². The minimum absolute atomic E-state index is 0.207. The third-order valence-electron chi connectivity index (χ3n) is 5.66. The van der Waals surface area contributed by atoms with E-state index in [4.69, 9.17) is 4.98 Å². The van der Waals surface area contributed by atoms with Gasteiger partial charge >= 0.3 is 0 Å². The molecular weight excluding hydrogens is 410 g/mol. The molecule has 1 aliphatic rings. The van der Waals surface area contributed by atoms with Crippen LogP contribution in [0.2, 0.25) is 0 Å². The lowest BCUT2D eigenvalue weighted by atomic mass is 10.0. The smallest absolute Gasteiger partial charge is 0.227 e. The summed E-state index contributed by atoms with van der Waals surface area (Å²) in [6.07, 6.45) is 2.55. The summed E-state index contributed by atoms with van der Waals surface area (Å²) in [6, 6.07) is 20.9. The summed E-state index contributed by atoms with van der Waals surface area (Å²) in [7, 11) is 0. The Balaban J connectivity index is 1.24. The van der Waals surface area contributed by atoms with Crippen LogP contribution in [-0.2, 0) is 11.2 Å². The van der Waals surface area contributed by atoms with Gasteiger partial charge in [0, 0.05) is 31.1 Å². The number of carbonyl (C=O) groups is 1. The van der Waals surface area contributed by atoms with Crippen LogP contribution in [0, 0.1) is 0 Å². The van der Waals surface area contributed by atoms with Crippen molar-refractivity contribution in [2.45, 2.75) is 11.3 Å². The van der Waals surface area contributed by atoms with Gasteiger partial charge in [0.25, 0.3) is 0 Å². The van der Waals surface area contributed by atoms with E-state index in [1.54, 1.807) is 23.1 Å². The second kappa shape index (κ2) is 8.28. The zero-order chi connectivity index (χ0) is 20.5. The molecule has 4 aromatic rings. The quantitative estimate of drug-likeness (QED) is 0.422. The molecule has 152 valence electrons. The van der Waals surface area contributed by atoms with Crippen LogP contribution in [0.1, 0.15) is 5.56 Å². The molecule has 0 saturated carbocycles. The molecule has 1 saturated heterocycles. The molecule has 2 heterocycles. The Morgan fingerprint density at radius 3 is 2.60 bits per heavy atom. The zero-order valence-electron chi connectivity index (χ0n) is 16.9. The van der Waals surface area contributed by atoms with Crippen LogP contribution in [-0.4, -0.2) is 48.2 Å². The Hall–Kier alpha value is -2.57. The van der Waals surface area contributed by atoms with E-state index in [9.17, 15) is 4.79 Å². The first-order chi connectivity index (χ1) is 14.7. The molecule has 1 aliphatic heterocycles. The Bertz CT molecular complexity index is 1210. The molecule has 4 nitrogen and oxygen atoms in total. The van der Waals surface area contributed by atoms with Gasteiger partial charge in [0.05, 0.1) is 16.6 Å². The summed E-state index contributed by atoms with van der Waals surface area (Å²) in [6.45, 7) is 3.16. The molecule has 0 radical (unpaired) electrons. The predicted molar refractivity (Wildman–Crippen MR) is 128 cm³/mol. The third kappa shape index (κ3) is 3.77. The first-order valence-corrected chi connectivity index (χ1v) is 12.2. The lowest BCUT2D eigenvalue weighted by Gasteiger charge is -2.34. The maximum atomic E-state index is 12.9. The van der Waals surface area contributed by atoms with Gasteiger partial charge in [-0.05, 0) is 34.7 Å². The van der Waals surface area contributed by atoms with Crippen LogP contribution in [0.25, 0.3) is 21.0 Å². The van der Waals surface area contributed by atoms with Crippen LogP contribution in [0.15, 0.2) is 65.6 Å². The predicted octanol–water partition coefficient (Wildman–Crippen LogP) is 5.06. The number of benzene rings is 3. The topological polar surface area (TPSA) is 36.4 Å². The van der Waals surface area contributed by atoms with Crippen LogP contribution < -0.4 is 4.90 Å². The molecule has 3 aromatic carbocycles. The van der Waals surface area contributed by atoms with Crippen molar-refractivity contribution in [1.82, 2.24) is 9.88 Å². The summed E-state index contributed by atoms with van der Waals surface area (Å²) in [4.78, 5) is 23.3. The number of thiazole rings is 1. The highest BCUT2D eigenvalue weighted by Gasteiger charge is 2.23. The van der Waals surface area contributed by atoms with Gasteiger partial charge in [0.2, 0.25) is 5.91 Å². The van der Waals surface area contributed by atoms with Gasteiger partial charge in [0.15, 0.2) is 5.13 Å². The second-order valence-electron chi connectivity index (χ2n) is 7.53. The number of carbonyl (C=O) groups excluding carboxylic acids is 1. The first-order valence-electron chi connectivity index (χ1n) is 10.2. The standard InChI is InChI=1S/C24H23N3OS2/c1-29-20-7-4-8-21-23(20)25-24(30-21)27-13-11-26(12-14-27)22(28)16-17-9-10-18-5-2-3-6-19(18)15-17/h2-10,15H,11-14,16H2,1H3. The number of amides is 1. The number of hydrogen-bond donors (Lipinski definition) is 0. The normalized spacial score (nSPS) is 14.6. The number of para-hydroxylation sites is 1. The second-order valence-corrected chi connectivity index (χ2v) is 9.39. The SMILES string of the molecule is CSc1cccc2sc(N3CCN(C(=O)Cc4ccc5ccccc5c4)CC3)nc12. The van der Waals surface area contributed by atoms with Gasteiger partial charge in [-0.1, -0.05) is 59.9 Å². The van der Waals surface area contributed by atoms with Crippen molar-refractivity contribution in [3.63, 3.8) is 0 Å². The molecule has 1 amide bonds. The van der Waals surface area contributed by atoms with Gasteiger partial charge in [-0.3, -0.25) is 4.79 Å². The summed E-state index contributed by atoms with van der Waals surface area (Å²) in [5, 5.41) is 3.46. The van der Waals surface area contributed by atoms with Crippen molar-refractivity contribution in [2.24, 2.45) is 0 Å². The fraction of sp³-hybridized carbons (Fsp3) is 0.250. The van der Waals surface area contributed by atoms with Crippen LogP contribution >= 0.6 is 23.1 Å². The van der Waals surface area contributed by atoms with Gasteiger partial charge < -0.3 is 9.80 Å². The molecule has 0 spiro atoms. The number of aromatic nitrogens is 1. The van der Waals surface area contributed by atoms with E-state index in [0.717, 1.165) is 42.4 Å². The highest BCUT2D eigenvalue weighted by Crippen LogP contribution is 2.34. The number of anilines is 1. The summed E-state index contributed by atoms with van der Waals surface area (Å²) in [5.74, 6) is 0.207. The van der Waals surface area contributed by atoms with Crippen LogP contribution in [0.4, 0.5) is 5.13 Å². The Kier molecular flexibility index (Phi) is 5.35. The monoisotopic (exact) mass is 433 g/mol. The molecule has 5 rings (SSSR count). The van der Waals surface area contributed by atoms with E-state index < -0.39 is 0 Å².